The quantitative estimate of drug-likeness (QED) is 0.874. The number of carbonyl (C=O) groups excluding carboxylic acids is 3. The summed E-state index contributed by atoms with van der Waals surface area (Å²) in [5.41, 5.74) is 2.64. The van der Waals surface area contributed by atoms with Crippen molar-refractivity contribution in [1.29, 1.82) is 0 Å². The summed E-state index contributed by atoms with van der Waals surface area (Å²) in [5.74, 6) is -0.704. The highest BCUT2D eigenvalue weighted by atomic mass is 16.2. The van der Waals surface area contributed by atoms with E-state index < -0.39 is 0 Å². The Balaban J connectivity index is 1.39. The number of nitrogens with zero attached hydrogens (tertiary/aromatic N) is 2. The molecule has 2 aliphatic heterocycles. The highest BCUT2D eigenvalue weighted by Crippen LogP contribution is 2.31. The van der Waals surface area contributed by atoms with Gasteiger partial charge in [-0.15, -0.1) is 0 Å². The SMILES string of the molecule is C=C1c2ccccc2C(=O)N1CC(=O)N1CCCC(C(=O)Nc2ccccc2)C1. The van der Waals surface area contributed by atoms with Crippen LogP contribution in [0, 0.1) is 5.92 Å². The van der Waals surface area contributed by atoms with Gasteiger partial charge in [0.05, 0.1) is 5.92 Å². The summed E-state index contributed by atoms with van der Waals surface area (Å²) >= 11 is 0. The van der Waals surface area contributed by atoms with Crippen molar-refractivity contribution in [2.24, 2.45) is 5.92 Å². The van der Waals surface area contributed by atoms with E-state index >= 15 is 0 Å². The molecule has 0 aromatic heterocycles. The van der Waals surface area contributed by atoms with Crippen molar-refractivity contribution < 1.29 is 14.4 Å². The van der Waals surface area contributed by atoms with E-state index in [1.165, 1.54) is 4.90 Å². The predicted molar refractivity (Wildman–Crippen MR) is 111 cm³/mol. The maximum absolute atomic E-state index is 12.9. The first-order chi connectivity index (χ1) is 14.0. The maximum atomic E-state index is 12.9. The lowest BCUT2D eigenvalue weighted by Crippen LogP contribution is -2.47. The van der Waals surface area contributed by atoms with Crippen LogP contribution in [0.25, 0.3) is 5.70 Å². The molecule has 29 heavy (non-hydrogen) atoms. The van der Waals surface area contributed by atoms with Crippen molar-refractivity contribution in [2.45, 2.75) is 12.8 Å². The van der Waals surface area contributed by atoms with Gasteiger partial charge in [0.25, 0.3) is 5.91 Å². The number of rotatable bonds is 4. The van der Waals surface area contributed by atoms with Crippen molar-refractivity contribution in [2.75, 3.05) is 25.0 Å². The summed E-state index contributed by atoms with van der Waals surface area (Å²) < 4.78 is 0. The van der Waals surface area contributed by atoms with Crippen molar-refractivity contribution in [3.63, 3.8) is 0 Å². The standard InChI is InChI=1S/C23H23N3O3/c1-16-19-11-5-6-12-20(19)23(29)26(16)15-21(27)25-13-7-8-17(14-25)22(28)24-18-9-3-2-4-10-18/h2-6,9-12,17H,1,7-8,13-15H2,(H,24,28). The van der Waals surface area contributed by atoms with E-state index in [1.807, 2.05) is 42.5 Å². The number of carbonyl (C=O) groups is 3. The van der Waals surface area contributed by atoms with Crippen LogP contribution in [0.1, 0.15) is 28.8 Å². The lowest BCUT2D eigenvalue weighted by molar-refractivity contribution is -0.134. The van der Waals surface area contributed by atoms with Crippen LogP contribution in [0.5, 0.6) is 0 Å². The molecular formula is C23H23N3O3. The minimum absolute atomic E-state index is 0.0562. The fraction of sp³-hybridized carbons (Fsp3) is 0.261. The summed E-state index contributed by atoms with van der Waals surface area (Å²) in [6.45, 7) is 4.88. The van der Waals surface area contributed by atoms with Gasteiger partial charge in [-0.05, 0) is 31.0 Å². The van der Waals surface area contributed by atoms with Gasteiger partial charge in [0.2, 0.25) is 11.8 Å². The van der Waals surface area contributed by atoms with Crippen molar-refractivity contribution in [3.8, 4) is 0 Å². The molecule has 2 aliphatic rings. The Bertz CT molecular complexity index is 935. The van der Waals surface area contributed by atoms with Crippen molar-refractivity contribution >= 4 is 29.1 Å². The number of likely N-dealkylation sites (tertiary alicyclic amines) is 1. The van der Waals surface area contributed by atoms with Gasteiger partial charge >= 0.3 is 0 Å². The maximum Gasteiger partial charge on any atom is 0.259 e. The highest BCUT2D eigenvalue weighted by molar-refractivity contribution is 6.10. The van der Waals surface area contributed by atoms with Crippen LogP contribution in [-0.2, 0) is 9.59 Å². The highest BCUT2D eigenvalue weighted by Gasteiger charge is 2.34. The first-order valence-corrected chi connectivity index (χ1v) is 9.78. The van der Waals surface area contributed by atoms with Crippen LogP contribution in [0.2, 0.25) is 0 Å². The molecule has 2 aromatic carbocycles. The first-order valence-electron chi connectivity index (χ1n) is 9.78. The third kappa shape index (κ3) is 3.78. The van der Waals surface area contributed by atoms with Gasteiger partial charge in [0, 0.05) is 35.6 Å². The average molecular weight is 389 g/mol. The molecule has 0 bridgehead atoms. The second-order valence-electron chi connectivity index (χ2n) is 7.42. The molecule has 1 N–H and O–H groups in total. The van der Waals surface area contributed by atoms with Crippen LogP contribution in [0.15, 0.2) is 61.2 Å². The Morgan fingerprint density at radius 3 is 2.45 bits per heavy atom. The van der Waals surface area contributed by atoms with Crippen LogP contribution in [0.3, 0.4) is 0 Å². The Morgan fingerprint density at radius 2 is 1.72 bits per heavy atom. The largest absolute Gasteiger partial charge is 0.340 e. The van der Waals surface area contributed by atoms with Crippen LogP contribution in [0.4, 0.5) is 5.69 Å². The second kappa shape index (κ2) is 7.91. The van der Waals surface area contributed by atoms with Crippen LogP contribution >= 0.6 is 0 Å². The van der Waals surface area contributed by atoms with Gasteiger partial charge in [-0.1, -0.05) is 43.0 Å². The molecule has 1 fully saturated rings. The Labute approximate surface area is 169 Å². The van der Waals surface area contributed by atoms with E-state index in [2.05, 4.69) is 11.9 Å². The second-order valence-corrected chi connectivity index (χ2v) is 7.42. The average Bonchev–Trinajstić information content (AvgIpc) is 2.99. The third-order valence-electron chi connectivity index (χ3n) is 5.52. The summed E-state index contributed by atoms with van der Waals surface area (Å²) in [6.07, 6.45) is 1.50. The lowest BCUT2D eigenvalue weighted by Gasteiger charge is -2.33. The van der Waals surface area contributed by atoms with E-state index in [1.54, 1.807) is 17.0 Å². The summed E-state index contributed by atoms with van der Waals surface area (Å²) in [4.78, 5) is 41.2. The molecule has 1 atom stereocenters. The number of benzene rings is 2. The van der Waals surface area contributed by atoms with Gasteiger partial charge in [-0.2, -0.15) is 0 Å². The molecule has 6 heteroatoms. The van der Waals surface area contributed by atoms with E-state index in [4.69, 9.17) is 0 Å². The number of amides is 3. The molecule has 2 heterocycles. The Kier molecular flexibility index (Phi) is 5.16. The topological polar surface area (TPSA) is 69.7 Å². The van der Waals surface area contributed by atoms with E-state index in [0.29, 0.717) is 24.4 Å². The zero-order valence-electron chi connectivity index (χ0n) is 16.1. The number of hydrogen-bond donors (Lipinski definition) is 1. The minimum Gasteiger partial charge on any atom is -0.340 e. The molecule has 4 rings (SSSR count). The first kappa shape index (κ1) is 18.9. The molecule has 0 aliphatic carbocycles. The molecule has 3 amide bonds. The monoisotopic (exact) mass is 389 g/mol. The molecular weight excluding hydrogens is 366 g/mol. The molecule has 1 saturated heterocycles. The van der Waals surface area contributed by atoms with Gasteiger partial charge in [0.15, 0.2) is 0 Å². The number of fused-ring (bicyclic) bond motifs is 1. The summed E-state index contributed by atoms with van der Waals surface area (Å²) in [7, 11) is 0. The minimum atomic E-state index is -0.261. The number of para-hydroxylation sites is 1. The van der Waals surface area contributed by atoms with Crippen LogP contribution in [-0.4, -0.2) is 47.2 Å². The molecule has 6 nitrogen and oxygen atoms in total. The van der Waals surface area contributed by atoms with Gasteiger partial charge in [-0.3, -0.25) is 19.3 Å². The van der Waals surface area contributed by atoms with E-state index in [0.717, 1.165) is 24.1 Å². The zero-order chi connectivity index (χ0) is 20.4. The fourth-order valence-corrected chi connectivity index (χ4v) is 3.92. The Morgan fingerprint density at radius 1 is 1.03 bits per heavy atom. The number of hydrogen-bond acceptors (Lipinski definition) is 3. The number of nitrogens with one attached hydrogen (secondary N) is 1. The van der Waals surface area contributed by atoms with Crippen LogP contribution < -0.4 is 5.32 Å². The fourth-order valence-electron chi connectivity index (χ4n) is 3.92. The van der Waals surface area contributed by atoms with E-state index in [9.17, 15) is 14.4 Å². The van der Waals surface area contributed by atoms with Gasteiger partial charge in [-0.25, -0.2) is 0 Å². The van der Waals surface area contributed by atoms with Crippen molar-refractivity contribution in [1.82, 2.24) is 9.80 Å². The normalized spacial score (nSPS) is 18.6. The van der Waals surface area contributed by atoms with Crippen molar-refractivity contribution in [3.05, 3.63) is 72.3 Å². The molecule has 148 valence electrons. The van der Waals surface area contributed by atoms with Gasteiger partial charge < -0.3 is 10.2 Å². The summed E-state index contributed by atoms with van der Waals surface area (Å²) in [5, 5.41) is 2.91. The predicted octanol–water partition coefficient (Wildman–Crippen LogP) is 2.99. The Hall–Kier alpha value is -3.41. The molecule has 1 unspecified atom stereocenters. The lowest BCUT2D eigenvalue weighted by atomic mass is 9.97. The van der Waals surface area contributed by atoms with E-state index in [-0.39, 0.29) is 30.2 Å². The summed E-state index contributed by atoms with van der Waals surface area (Å²) in [6, 6.07) is 16.5. The van der Waals surface area contributed by atoms with Gasteiger partial charge in [0.1, 0.15) is 6.54 Å². The molecule has 2 aromatic rings. The third-order valence-corrected chi connectivity index (χ3v) is 5.52. The number of piperidine rings is 1. The smallest absolute Gasteiger partial charge is 0.259 e. The zero-order valence-corrected chi connectivity index (χ0v) is 16.1. The molecule has 0 radical (unpaired) electrons. The number of anilines is 1. The molecule has 0 spiro atoms. The molecule has 0 saturated carbocycles.